The molecular formula is C30H40O4. The molecule has 8 aliphatic carbocycles. The van der Waals surface area contributed by atoms with Crippen molar-refractivity contribution in [1.29, 1.82) is 0 Å². The molecular weight excluding hydrogens is 424 g/mol. The number of carbonyl (C=O) groups excluding carboxylic acids is 4. The number of ketones is 4. The molecule has 34 heavy (non-hydrogen) atoms. The smallest absolute Gasteiger partial charge is 0.136 e. The Morgan fingerprint density at radius 1 is 0.382 bits per heavy atom. The molecule has 0 aromatic carbocycles. The summed E-state index contributed by atoms with van der Waals surface area (Å²) in [6.07, 6.45) is 16.8. The van der Waals surface area contributed by atoms with Gasteiger partial charge in [-0.15, -0.1) is 0 Å². The van der Waals surface area contributed by atoms with Crippen LogP contribution in [0.25, 0.3) is 0 Å². The van der Waals surface area contributed by atoms with Crippen LogP contribution >= 0.6 is 0 Å². The first-order valence-electron chi connectivity index (χ1n) is 14.4. The summed E-state index contributed by atoms with van der Waals surface area (Å²) in [7, 11) is 0. The van der Waals surface area contributed by atoms with Gasteiger partial charge in [0.05, 0.1) is 0 Å². The van der Waals surface area contributed by atoms with E-state index in [0.29, 0.717) is 48.8 Å². The quantitative estimate of drug-likeness (QED) is 0.528. The minimum absolute atomic E-state index is 0.0864. The van der Waals surface area contributed by atoms with Crippen molar-refractivity contribution in [2.45, 2.75) is 116 Å². The van der Waals surface area contributed by atoms with E-state index in [1.54, 1.807) is 0 Å². The third-order valence-electron chi connectivity index (χ3n) is 12.4. The fraction of sp³-hybridized carbons (Fsp3) is 0.867. The summed E-state index contributed by atoms with van der Waals surface area (Å²) in [5, 5.41) is 0. The maximum Gasteiger partial charge on any atom is 0.136 e. The van der Waals surface area contributed by atoms with E-state index in [1.807, 2.05) is 0 Å². The summed E-state index contributed by atoms with van der Waals surface area (Å²) in [6, 6.07) is 0. The Morgan fingerprint density at radius 2 is 0.588 bits per heavy atom. The zero-order valence-electron chi connectivity index (χ0n) is 20.7. The highest BCUT2D eigenvalue weighted by Gasteiger charge is 2.75. The van der Waals surface area contributed by atoms with Crippen molar-refractivity contribution in [2.75, 3.05) is 0 Å². The summed E-state index contributed by atoms with van der Waals surface area (Å²) >= 11 is 0. The van der Waals surface area contributed by atoms with E-state index in [4.69, 9.17) is 0 Å². The molecule has 8 saturated carbocycles. The van der Waals surface area contributed by atoms with Crippen molar-refractivity contribution < 1.29 is 19.2 Å². The average Bonchev–Trinajstić information content (AvgIpc) is 3.55. The van der Waals surface area contributed by atoms with Crippen molar-refractivity contribution in [3.63, 3.8) is 0 Å². The molecule has 0 N–H and O–H groups in total. The standard InChI is InChI=1S/C30H40O4/c31-23-9-1-5-19(23)27-13-28(20-6-2-10-24(20)32)16-29(14-27,21-7-3-11-25(21)33)18-30(15-27,17-28)22-8-4-12-26(22)34/h19-22H,1-18H2. The molecule has 0 amide bonds. The van der Waals surface area contributed by atoms with Gasteiger partial charge in [0.25, 0.3) is 0 Å². The molecule has 0 aliphatic heterocycles. The van der Waals surface area contributed by atoms with Gasteiger partial charge in [-0.1, -0.05) is 0 Å². The third-order valence-corrected chi connectivity index (χ3v) is 12.4. The van der Waals surface area contributed by atoms with Gasteiger partial charge >= 0.3 is 0 Å². The maximum atomic E-state index is 13.4. The summed E-state index contributed by atoms with van der Waals surface area (Å²) in [4.78, 5) is 53.4. The molecule has 0 saturated heterocycles. The summed E-state index contributed by atoms with van der Waals surface area (Å²) < 4.78 is 0. The van der Waals surface area contributed by atoms with Gasteiger partial charge in [0.15, 0.2) is 0 Å². The van der Waals surface area contributed by atoms with Crippen LogP contribution < -0.4 is 0 Å². The second-order valence-electron chi connectivity index (χ2n) is 14.2. The Labute approximate surface area is 203 Å². The highest BCUT2D eigenvalue weighted by Crippen LogP contribution is 2.81. The third kappa shape index (κ3) is 2.78. The van der Waals surface area contributed by atoms with Crippen LogP contribution in [0, 0.1) is 45.3 Å². The summed E-state index contributed by atoms with van der Waals surface area (Å²) in [5.41, 5.74) is -0.345. The molecule has 0 aromatic rings. The number of hydrogen-bond acceptors (Lipinski definition) is 4. The number of Topliss-reactive ketones (excluding diaryl/α,β-unsaturated/α-hetero) is 4. The number of rotatable bonds is 4. The molecule has 4 heteroatoms. The van der Waals surface area contributed by atoms with Gasteiger partial charge in [0, 0.05) is 49.4 Å². The van der Waals surface area contributed by atoms with Crippen molar-refractivity contribution in [1.82, 2.24) is 0 Å². The van der Waals surface area contributed by atoms with Crippen LogP contribution in [0.5, 0.6) is 0 Å². The second-order valence-corrected chi connectivity index (χ2v) is 14.2. The first-order valence-corrected chi connectivity index (χ1v) is 14.4. The minimum Gasteiger partial charge on any atom is -0.299 e. The maximum absolute atomic E-state index is 13.4. The van der Waals surface area contributed by atoms with Gasteiger partial charge < -0.3 is 0 Å². The minimum atomic E-state index is -0.0864. The predicted octanol–water partition coefficient (Wildman–Crippen LogP) is 5.79. The van der Waals surface area contributed by atoms with E-state index in [0.717, 1.165) is 89.9 Å². The normalized spacial score (nSPS) is 52.5. The molecule has 8 rings (SSSR count). The highest BCUT2D eigenvalue weighted by atomic mass is 16.1. The van der Waals surface area contributed by atoms with Crippen LogP contribution in [0.15, 0.2) is 0 Å². The van der Waals surface area contributed by atoms with Crippen LogP contribution in [0.4, 0.5) is 0 Å². The predicted molar refractivity (Wildman–Crippen MR) is 127 cm³/mol. The fourth-order valence-electron chi connectivity index (χ4n) is 12.3. The highest BCUT2D eigenvalue weighted by molar-refractivity contribution is 5.87. The number of carbonyl (C=O) groups is 4. The molecule has 0 spiro atoms. The molecule has 8 fully saturated rings. The fourth-order valence-corrected chi connectivity index (χ4v) is 12.3. The van der Waals surface area contributed by atoms with Crippen LogP contribution in [0.2, 0.25) is 0 Å². The monoisotopic (exact) mass is 464 g/mol. The average molecular weight is 465 g/mol. The topological polar surface area (TPSA) is 68.3 Å². The van der Waals surface area contributed by atoms with Crippen molar-refractivity contribution in [3.8, 4) is 0 Å². The van der Waals surface area contributed by atoms with Gasteiger partial charge in [-0.25, -0.2) is 0 Å². The lowest BCUT2D eigenvalue weighted by Crippen LogP contribution is -2.68. The largest absolute Gasteiger partial charge is 0.299 e. The van der Waals surface area contributed by atoms with Crippen molar-refractivity contribution in [2.24, 2.45) is 45.3 Å². The van der Waals surface area contributed by atoms with E-state index in [9.17, 15) is 19.2 Å². The van der Waals surface area contributed by atoms with Crippen LogP contribution in [0.1, 0.15) is 116 Å². The first kappa shape index (κ1) is 21.9. The van der Waals surface area contributed by atoms with Gasteiger partial charge in [-0.3, -0.25) is 19.2 Å². The lowest BCUT2D eigenvalue weighted by Gasteiger charge is -2.75. The molecule has 4 unspecified atom stereocenters. The van der Waals surface area contributed by atoms with Crippen molar-refractivity contribution in [3.05, 3.63) is 0 Å². The molecule has 4 bridgehead atoms. The Balaban J connectivity index is 1.43. The zero-order chi connectivity index (χ0) is 23.3. The molecule has 184 valence electrons. The Bertz CT molecular complexity index is 785. The second kappa shape index (κ2) is 7.13. The van der Waals surface area contributed by atoms with E-state index in [-0.39, 0.29) is 45.3 Å². The van der Waals surface area contributed by atoms with Crippen LogP contribution in [-0.2, 0) is 19.2 Å². The Kier molecular flexibility index (Phi) is 4.60. The molecule has 8 aliphatic rings. The molecule has 0 radical (unpaired) electrons. The van der Waals surface area contributed by atoms with Gasteiger partial charge in [0.2, 0.25) is 0 Å². The van der Waals surface area contributed by atoms with E-state index in [1.165, 1.54) is 0 Å². The molecule has 4 atom stereocenters. The van der Waals surface area contributed by atoms with E-state index < -0.39 is 0 Å². The number of hydrogen-bond donors (Lipinski definition) is 0. The molecule has 0 aromatic heterocycles. The molecule has 4 nitrogen and oxygen atoms in total. The molecule has 0 heterocycles. The summed E-state index contributed by atoms with van der Waals surface area (Å²) in [6.45, 7) is 0. The SMILES string of the molecule is O=C1CCCC1C12CC3(C4CCCC4=O)CC(C4CCCC4=O)(C1)CC(C1CCCC1=O)(C2)C3. The van der Waals surface area contributed by atoms with Gasteiger partial charge in [-0.05, 0) is 112 Å². The Morgan fingerprint density at radius 3 is 0.735 bits per heavy atom. The van der Waals surface area contributed by atoms with Crippen molar-refractivity contribution >= 4 is 23.1 Å². The lowest BCUT2D eigenvalue weighted by atomic mass is 9.29. The van der Waals surface area contributed by atoms with E-state index >= 15 is 0 Å². The zero-order valence-corrected chi connectivity index (χ0v) is 20.7. The summed E-state index contributed by atoms with van der Waals surface area (Å²) in [5.74, 6) is 2.14. The first-order chi connectivity index (χ1) is 16.3. The lowest BCUT2D eigenvalue weighted by molar-refractivity contribution is -0.252. The van der Waals surface area contributed by atoms with E-state index in [2.05, 4.69) is 0 Å². The van der Waals surface area contributed by atoms with Crippen LogP contribution in [0.3, 0.4) is 0 Å². The van der Waals surface area contributed by atoms with Crippen LogP contribution in [-0.4, -0.2) is 23.1 Å². The van der Waals surface area contributed by atoms with Gasteiger partial charge in [0.1, 0.15) is 23.1 Å². The Hall–Kier alpha value is -1.32. The van der Waals surface area contributed by atoms with Gasteiger partial charge in [-0.2, -0.15) is 0 Å².